The molecule has 2 N–H and O–H groups in total. The molecule has 7 heteroatoms. The molecule has 2 atom stereocenters. The SMILES string of the molecule is COC(=O)c1[nH]c2cccc(Cl)c2c1NC(=O)CN1C[C@@]2(C)C[C@H]1CC(C)(C)C2. The standard InChI is InChI=1S/C22H28ClN3O3/c1-21(2)8-13-9-22(3,11-21)12-26(13)10-16(27)25-18-17-14(23)6-5-7-15(17)24-19(18)20(28)29-4/h5-7,13,24H,8-12H2,1-4H3,(H,25,27)/t13-,22+/m1/s1. The number of ether oxygens (including phenoxy) is 1. The first-order chi connectivity index (χ1) is 13.6. The van der Waals surface area contributed by atoms with Crippen molar-refractivity contribution in [3.05, 3.63) is 28.9 Å². The Morgan fingerprint density at radius 3 is 2.79 bits per heavy atom. The number of rotatable bonds is 4. The van der Waals surface area contributed by atoms with Crippen LogP contribution in [0.15, 0.2) is 18.2 Å². The van der Waals surface area contributed by atoms with Crippen LogP contribution < -0.4 is 5.32 Å². The Bertz CT molecular complexity index is 983. The average molecular weight is 418 g/mol. The predicted molar refractivity (Wildman–Crippen MR) is 114 cm³/mol. The van der Waals surface area contributed by atoms with E-state index >= 15 is 0 Å². The van der Waals surface area contributed by atoms with Crippen LogP contribution in [0.5, 0.6) is 0 Å². The van der Waals surface area contributed by atoms with Crippen molar-refractivity contribution >= 4 is 40.1 Å². The highest BCUT2D eigenvalue weighted by Crippen LogP contribution is 2.52. The zero-order chi connectivity index (χ0) is 21.0. The number of fused-ring (bicyclic) bond motifs is 3. The van der Waals surface area contributed by atoms with Gasteiger partial charge in [0.2, 0.25) is 5.91 Å². The molecule has 1 amide bonds. The summed E-state index contributed by atoms with van der Waals surface area (Å²) in [6.45, 7) is 8.18. The smallest absolute Gasteiger partial charge is 0.356 e. The van der Waals surface area contributed by atoms with Crippen LogP contribution in [0.2, 0.25) is 5.02 Å². The molecule has 1 aliphatic heterocycles. The molecule has 156 valence electrons. The van der Waals surface area contributed by atoms with Crippen LogP contribution in [0.1, 0.15) is 50.5 Å². The lowest BCUT2D eigenvalue weighted by atomic mass is 9.65. The van der Waals surface area contributed by atoms with E-state index in [-0.39, 0.29) is 17.0 Å². The fourth-order valence-electron chi connectivity index (χ4n) is 5.71. The number of aromatic amines is 1. The highest BCUT2D eigenvalue weighted by atomic mass is 35.5. The molecule has 0 spiro atoms. The second-order valence-corrected chi connectivity index (χ2v) is 10.1. The summed E-state index contributed by atoms with van der Waals surface area (Å²) < 4.78 is 4.88. The first-order valence-electron chi connectivity index (χ1n) is 10.0. The molecule has 1 aromatic heterocycles. The van der Waals surface area contributed by atoms with Gasteiger partial charge in [-0.05, 0) is 42.2 Å². The van der Waals surface area contributed by atoms with Crippen LogP contribution >= 0.6 is 11.6 Å². The quantitative estimate of drug-likeness (QED) is 0.721. The summed E-state index contributed by atoms with van der Waals surface area (Å²) >= 11 is 6.37. The number of amides is 1. The summed E-state index contributed by atoms with van der Waals surface area (Å²) in [5.41, 5.74) is 1.83. The number of methoxy groups -OCH3 is 1. The number of benzene rings is 1. The Hall–Kier alpha value is -2.05. The van der Waals surface area contributed by atoms with Crippen LogP contribution in [0.3, 0.4) is 0 Å². The molecule has 0 radical (unpaired) electrons. The number of likely N-dealkylation sites (tertiary alicyclic amines) is 1. The maximum Gasteiger partial charge on any atom is 0.356 e. The lowest BCUT2D eigenvalue weighted by Crippen LogP contribution is -2.38. The molecule has 1 aromatic carbocycles. The molecule has 2 fully saturated rings. The molecule has 4 rings (SSSR count). The zero-order valence-corrected chi connectivity index (χ0v) is 18.2. The monoisotopic (exact) mass is 417 g/mol. The molecule has 1 aliphatic carbocycles. The van der Waals surface area contributed by atoms with Crippen molar-refractivity contribution in [1.82, 2.24) is 9.88 Å². The number of esters is 1. The first-order valence-corrected chi connectivity index (χ1v) is 10.4. The number of halogens is 1. The van der Waals surface area contributed by atoms with Crippen LogP contribution in [-0.2, 0) is 9.53 Å². The fraction of sp³-hybridized carbons (Fsp3) is 0.545. The van der Waals surface area contributed by atoms with Gasteiger partial charge < -0.3 is 15.0 Å². The summed E-state index contributed by atoms with van der Waals surface area (Å²) in [5.74, 6) is -0.691. The predicted octanol–water partition coefficient (Wildman–Crippen LogP) is 4.45. The maximum atomic E-state index is 13.0. The van der Waals surface area contributed by atoms with Crippen LogP contribution in [-0.4, -0.2) is 48.0 Å². The average Bonchev–Trinajstić information content (AvgIpc) is 3.09. The highest BCUT2D eigenvalue weighted by molar-refractivity contribution is 6.37. The summed E-state index contributed by atoms with van der Waals surface area (Å²) in [6.07, 6.45) is 3.41. The topological polar surface area (TPSA) is 74.4 Å². The summed E-state index contributed by atoms with van der Waals surface area (Å²) in [6, 6.07) is 5.76. The third-order valence-electron chi connectivity index (χ3n) is 6.30. The number of carbonyl (C=O) groups is 2. The van der Waals surface area contributed by atoms with E-state index in [0.717, 1.165) is 19.4 Å². The molecule has 2 aromatic rings. The largest absolute Gasteiger partial charge is 0.464 e. The van der Waals surface area contributed by atoms with E-state index in [9.17, 15) is 9.59 Å². The lowest BCUT2D eigenvalue weighted by molar-refractivity contribution is -0.117. The van der Waals surface area contributed by atoms with Crippen LogP contribution in [0.4, 0.5) is 5.69 Å². The fourth-order valence-corrected chi connectivity index (χ4v) is 5.98. The minimum Gasteiger partial charge on any atom is -0.464 e. The van der Waals surface area contributed by atoms with E-state index in [4.69, 9.17) is 16.3 Å². The van der Waals surface area contributed by atoms with Gasteiger partial charge in [0.15, 0.2) is 0 Å². The van der Waals surface area contributed by atoms with Gasteiger partial charge in [-0.25, -0.2) is 4.79 Å². The van der Waals surface area contributed by atoms with Gasteiger partial charge in [-0.3, -0.25) is 9.69 Å². The Morgan fingerprint density at radius 1 is 1.31 bits per heavy atom. The Kier molecular flexibility index (Phi) is 4.90. The molecule has 29 heavy (non-hydrogen) atoms. The number of H-pyrrole nitrogens is 1. The summed E-state index contributed by atoms with van der Waals surface area (Å²) in [5, 5.41) is 4.02. The molecule has 2 bridgehead atoms. The van der Waals surface area contributed by atoms with Gasteiger partial charge in [0, 0.05) is 23.5 Å². The molecule has 1 saturated carbocycles. The van der Waals surface area contributed by atoms with Crippen molar-refractivity contribution in [1.29, 1.82) is 0 Å². The Labute approximate surface area is 175 Å². The van der Waals surface area contributed by atoms with Gasteiger partial charge in [0.05, 0.1) is 24.4 Å². The molecular weight excluding hydrogens is 390 g/mol. The van der Waals surface area contributed by atoms with Gasteiger partial charge in [-0.2, -0.15) is 0 Å². The molecule has 1 saturated heterocycles. The molecule has 2 heterocycles. The highest BCUT2D eigenvalue weighted by Gasteiger charge is 2.49. The van der Waals surface area contributed by atoms with Crippen molar-refractivity contribution in [2.24, 2.45) is 10.8 Å². The van der Waals surface area contributed by atoms with Crippen molar-refractivity contribution < 1.29 is 14.3 Å². The number of hydrogen-bond donors (Lipinski definition) is 2. The van der Waals surface area contributed by atoms with Crippen molar-refractivity contribution in [3.63, 3.8) is 0 Å². The minimum absolute atomic E-state index is 0.148. The molecular formula is C22H28ClN3O3. The Balaban J connectivity index is 1.58. The normalized spacial score (nSPS) is 25.9. The van der Waals surface area contributed by atoms with E-state index in [1.807, 2.05) is 6.07 Å². The Morgan fingerprint density at radius 2 is 2.07 bits per heavy atom. The summed E-state index contributed by atoms with van der Waals surface area (Å²) in [4.78, 5) is 30.5. The van der Waals surface area contributed by atoms with Gasteiger partial charge in [0.1, 0.15) is 5.69 Å². The van der Waals surface area contributed by atoms with E-state index in [2.05, 4.69) is 36.0 Å². The number of hydrogen-bond acceptors (Lipinski definition) is 4. The first kappa shape index (κ1) is 20.2. The maximum absolute atomic E-state index is 13.0. The minimum atomic E-state index is -0.543. The number of aromatic nitrogens is 1. The van der Waals surface area contributed by atoms with Crippen LogP contribution in [0, 0.1) is 10.8 Å². The van der Waals surface area contributed by atoms with E-state index < -0.39 is 5.97 Å². The van der Waals surface area contributed by atoms with Crippen molar-refractivity contribution in [2.75, 3.05) is 25.5 Å². The molecule has 2 aliphatic rings. The van der Waals surface area contributed by atoms with Crippen LogP contribution in [0.25, 0.3) is 10.9 Å². The van der Waals surface area contributed by atoms with Gasteiger partial charge in [-0.15, -0.1) is 0 Å². The van der Waals surface area contributed by atoms with Crippen molar-refractivity contribution in [2.45, 2.75) is 46.1 Å². The molecule has 6 nitrogen and oxygen atoms in total. The third-order valence-corrected chi connectivity index (χ3v) is 6.61. The summed E-state index contributed by atoms with van der Waals surface area (Å²) in [7, 11) is 1.31. The number of nitrogens with zero attached hydrogens (tertiary/aromatic N) is 1. The number of nitrogens with one attached hydrogen (secondary N) is 2. The zero-order valence-electron chi connectivity index (χ0n) is 17.4. The van der Waals surface area contributed by atoms with Gasteiger partial charge >= 0.3 is 5.97 Å². The number of anilines is 1. The van der Waals surface area contributed by atoms with E-state index in [1.165, 1.54) is 13.5 Å². The van der Waals surface area contributed by atoms with E-state index in [1.54, 1.807) is 12.1 Å². The second kappa shape index (κ2) is 7.03. The number of carbonyl (C=O) groups excluding carboxylic acids is 2. The molecule has 0 unspecified atom stereocenters. The van der Waals surface area contributed by atoms with Gasteiger partial charge in [-0.1, -0.05) is 38.4 Å². The second-order valence-electron chi connectivity index (χ2n) is 9.70. The van der Waals surface area contributed by atoms with Gasteiger partial charge in [0.25, 0.3) is 0 Å². The third kappa shape index (κ3) is 3.76. The lowest BCUT2D eigenvalue weighted by Gasteiger charge is -2.39. The van der Waals surface area contributed by atoms with E-state index in [0.29, 0.717) is 39.6 Å². The van der Waals surface area contributed by atoms with Crippen molar-refractivity contribution in [3.8, 4) is 0 Å².